The molecule has 1 rings (SSSR count). The van der Waals surface area contributed by atoms with E-state index in [1.54, 1.807) is 0 Å². The van der Waals surface area contributed by atoms with Crippen LogP contribution in [0.5, 0.6) is 0 Å². The number of aliphatic hydroxyl groups is 1. The Morgan fingerprint density at radius 3 is 2.67 bits per heavy atom. The van der Waals surface area contributed by atoms with Crippen LogP contribution < -0.4 is 0 Å². The third-order valence-electron chi connectivity index (χ3n) is 4.17. The van der Waals surface area contributed by atoms with Gasteiger partial charge in [0.15, 0.2) is 0 Å². The van der Waals surface area contributed by atoms with E-state index in [0.717, 1.165) is 52.1 Å². The summed E-state index contributed by atoms with van der Waals surface area (Å²) in [6.45, 7) is 13.5. The Balaban J connectivity index is 2.41. The molecule has 0 saturated heterocycles. The molecule has 0 heterocycles. The van der Waals surface area contributed by atoms with Crippen molar-refractivity contribution >= 4 is 0 Å². The van der Waals surface area contributed by atoms with Gasteiger partial charge in [0.2, 0.25) is 0 Å². The Bertz CT molecular complexity index is 231. The Hall–Kier alpha value is -0.120. The first kappa shape index (κ1) is 15.9. The quantitative estimate of drug-likeness (QED) is 0.711. The molecule has 1 fully saturated rings. The number of aliphatic hydroxyl groups excluding tert-OH is 1. The molecule has 2 atom stereocenters. The molecule has 2 unspecified atom stereocenters. The first-order valence-corrected chi connectivity index (χ1v) is 7.46. The number of nitrogens with zero attached hydrogens (tertiary/aromatic N) is 1. The van der Waals surface area contributed by atoms with Gasteiger partial charge in [-0.3, -0.25) is 0 Å². The molecule has 0 aromatic rings. The number of rotatable bonds is 7. The molecule has 0 aromatic carbocycles. The average molecular weight is 257 g/mol. The molecule has 3 nitrogen and oxygen atoms in total. The highest BCUT2D eigenvalue weighted by atomic mass is 16.5. The first-order chi connectivity index (χ1) is 8.48. The van der Waals surface area contributed by atoms with E-state index in [0.29, 0.717) is 11.3 Å². The lowest BCUT2D eigenvalue weighted by atomic mass is 9.71. The molecule has 1 aliphatic rings. The van der Waals surface area contributed by atoms with E-state index in [4.69, 9.17) is 4.74 Å². The van der Waals surface area contributed by atoms with E-state index in [2.05, 4.69) is 25.7 Å². The lowest BCUT2D eigenvalue weighted by Gasteiger charge is -2.40. The fourth-order valence-corrected chi connectivity index (χ4v) is 2.96. The lowest BCUT2D eigenvalue weighted by Crippen LogP contribution is -2.42. The van der Waals surface area contributed by atoms with Gasteiger partial charge in [-0.25, -0.2) is 0 Å². The third kappa shape index (κ3) is 5.25. The predicted molar refractivity (Wildman–Crippen MR) is 75.7 cm³/mol. The summed E-state index contributed by atoms with van der Waals surface area (Å²) in [7, 11) is 0. The van der Waals surface area contributed by atoms with Gasteiger partial charge in [0.25, 0.3) is 0 Å². The summed E-state index contributed by atoms with van der Waals surface area (Å²) >= 11 is 0. The van der Waals surface area contributed by atoms with Crippen molar-refractivity contribution in [1.82, 2.24) is 4.90 Å². The van der Waals surface area contributed by atoms with Crippen molar-refractivity contribution in [2.24, 2.45) is 11.3 Å². The summed E-state index contributed by atoms with van der Waals surface area (Å²) < 4.78 is 5.42. The standard InChI is InChI=1S/C15H31NO2/c1-5-16(9-10-18-6-2)12-13-11-15(3,4)8-7-14(13)17/h13-14,17H,5-12H2,1-4H3. The molecule has 0 aromatic heterocycles. The van der Waals surface area contributed by atoms with E-state index < -0.39 is 0 Å². The van der Waals surface area contributed by atoms with Crippen LogP contribution in [-0.2, 0) is 4.74 Å². The zero-order valence-corrected chi connectivity index (χ0v) is 12.6. The highest BCUT2D eigenvalue weighted by Crippen LogP contribution is 2.38. The Labute approximate surface area is 113 Å². The minimum absolute atomic E-state index is 0.112. The molecule has 0 radical (unpaired) electrons. The van der Waals surface area contributed by atoms with Gasteiger partial charge in [0.1, 0.15) is 0 Å². The molecule has 1 N–H and O–H groups in total. The van der Waals surface area contributed by atoms with Crippen molar-refractivity contribution in [3.8, 4) is 0 Å². The maximum Gasteiger partial charge on any atom is 0.0593 e. The molecule has 0 bridgehead atoms. The fourth-order valence-electron chi connectivity index (χ4n) is 2.96. The number of likely N-dealkylation sites (N-methyl/N-ethyl adjacent to an activating group) is 1. The lowest BCUT2D eigenvalue weighted by molar-refractivity contribution is 0.000703. The van der Waals surface area contributed by atoms with Gasteiger partial charge in [-0.2, -0.15) is 0 Å². The summed E-state index contributed by atoms with van der Waals surface area (Å²) in [6.07, 6.45) is 3.13. The van der Waals surface area contributed by atoms with Gasteiger partial charge < -0.3 is 14.7 Å². The van der Waals surface area contributed by atoms with Gasteiger partial charge in [0, 0.05) is 19.7 Å². The second kappa shape index (κ2) is 7.46. The summed E-state index contributed by atoms with van der Waals surface area (Å²) in [6, 6.07) is 0. The number of ether oxygens (including phenoxy) is 1. The summed E-state index contributed by atoms with van der Waals surface area (Å²) in [5.74, 6) is 0.426. The van der Waals surface area contributed by atoms with Crippen molar-refractivity contribution in [2.45, 2.75) is 53.1 Å². The molecule has 18 heavy (non-hydrogen) atoms. The molecular weight excluding hydrogens is 226 g/mol. The second-order valence-corrected chi connectivity index (χ2v) is 6.32. The van der Waals surface area contributed by atoms with Crippen LogP contribution in [0.2, 0.25) is 0 Å². The Morgan fingerprint density at radius 1 is 1.33 bits per heavy atom. The molecule has 0 spiro atoms. The molecule has 1 saturated carbocycles. The Kier molecular flexibility index (Phi) is 6.61. The monoisotopic (exact) mass is 257 g/mol. The molecular formula is C15H31NO2. The maximum absolute atomic E-state index is 10.2. The van der Waals surface area contributed by atoms with E-state index in [1.165, 1.54) is 0 Å². The third-order valence-corrected chi connectivity index (χ3v) is 4.17. The van der Waals surface area contributed by atoms with Crippen LogP contribution in [0.15, 0.2) is 0 Å². The zero-order chi connectivity index (χ0) is 13.6. The van der Waals surface area contributed by atoms with Crippen molar-refractivity contribution in [3.63, 3.8) is 0 Å². The van der Waals surface area contributed by atoms with Gasteiger partial charge in [-0.1, -0.05) is 20.8 Å². The van der Waals surface area contributed by atoms with Crippen LogP contribution in [-0.4, -0.2) is 49.0 Å². The van der Waals surface area contributed by atoms with Gasteiger partial charge in [-0.15, -0.1) is 0 Å². The van der Waals surface area contributed by atoms with Crippen LogP contribution in [0, 0.1) is 11.3 Å². The average Bonchev–Trinajstić information content (AvgIpc) is 2.32. The van der Waals surface area contributed by atoms with Crippen molar-refractivity contribution in [2.75, 3.05) is 32.8 Å². The van der Waals surface area contributed by atoms with Crippen molar-refractivity contribution < 1.29 is 9.84 Å². The number of hydrogen-bond acceptors (Lipinski definition) is 3. The van der Waals surface area contributed by atoms with Gasteiger partial charge >= 0.3 is 0 Å². The van der Waals surface area contributed by atoms with Gasteiger partial charge in [-0.05, 0) is 44.1 Å². The minimum atomic E-state index is -0.112. The van der Waals surface area contributed by atoms with Crippen molar-refractivity contribution in [1.29, 1.82) is 0 Å². The topological polar surface area (TPSA) is 32.7 Å². The first-order valence-electron chi connectivity index (χ1n) is 7.46. The van der Waals surface area contributed by atoms with Crippen LogP contribution in [0.25, 0.3) is 0 Å². The van der Waals surface area contributed by atoms with E-state index in [9.17, 15) is 5.11 Å². The van der Waals surface area contributed by atoms with Crippen LogP contribution in [0.1, 0.15) is 47.0 Å². The highest BCUT2D eigenvalue weighted by Gasteiger charge is 2.34. The fraction of sp³-hybridized carbons (Fsp3) is 1.00. The summed E-state index contributed by atoms with van der Waals surface area (Å²) in [5.41, 5.74) is 0.392. The smallest absolute Gasteiger partial charge is 0.0593 e. The summed E-state index contributed by atoms with van der Waals surface area (Å²) in [5, 5.41) is 10.2. The Morgan fingerprint density at radius 2 is 2.06 bits per heavy atom. The molecule has 3 heteroatoms. The maximum atomic E-state index is 10.2. The highest BCUT2D eigenvalue weighted by molar-refractivity contribution is 4.86. The van der Waals surface area contributed by atoms with Crippen LogP contribution in [0.4, 0.5) is 0 Å². The molecule has 0 aliphatic heterocycles. The zero-order valence-electron chi connectivity index (χ0n) is 12.6. The van der Waals surface area contributed by atoms with Gasteiger partial charge in [0.05, 0.1) is 12.7 Å². The van der Waals surface area contributed by atoms with E-state index >= 15 is 0 Å². The van der Waals surface area contributed by atoms with Crippen molar-refractivity contribution in [3.05, 3.63) is 0 Å². The van der Waals surface area contributed by atoms with E-state index in [-0.39, 0.29) is 6.10 Å². The van der Waals surface area contributed by atoms with E-state index in [1.807, 2.05) is 6.92 Å². The summed E-state index contributed by atoms with van der Waals surface area (Å²) in [4.78, 5) is 2.41. The predicted octanol–water partition coefficient (Wildman–Crippen LogP) is 2.53. The normalized spacial score (nSPS) is 27.7. The van der Waals surface area contributed by atoms with Crippen LogP contribution in [0.3, 0.4) is 0 Å². The molecule has 0 amide bonds. The molecule has 1 aliphatic carbocycles. The SMILES string of the molecule is CCOCCN(CC)CC1CC(C)(C)CCC1O. The number of hydrogen-bond donors (Lipinski definition) is 1. The second-order valence-electron chi connectivity index (χ2n) is 6.32. The largest absolute Gasteiger partial charge is 0.393 e. The minimum Gasteiger partial charge on any atom is -0.393 e. The van der Waals surface area contributed by atoms with Crippen LogP contribution >= 0.6 is 0 Å². The molecule has 108 valence electrons.